The van der Waals surface area contributed by atoms with Gasteiger partial charge in [0.2, 0.25) is 5.52 Å². The lowest BCUT2D eigenvalue weighted by molar-refractivity contribution is -0.645. The van der Waals surface area contributed by atoms with Gasteiger partial charge in [0.1, 0.15) is 7.05 Å². The average Bonchev–Trinajstić information content (AvgIpc) is 2.18. The van der Waals surface area contributed by atoms with Crippen LogP contribution in [-0.4, -0.2) is 10.2 Å². The summed E-state index contributed by atoms with van der Waals surface area (Å²) in [5.41, 5.74) is 1.52. The fourth-order valence-corrected chi connectivity index (χ4v) is 1.61. The van der Waals surface area contributed by atoms with Gasteiger partial charge in [0.05, 0.1) is 5.39 Å². The molecule has 3 nitrogen and oxygen atoms in total. The van der Waals surface area contributed by atoms with Crippen molar-refractivity contribution in [2.75, 3.05) is 0 Å². The highest BCUT2D eigenvalue weighted by Crippen LogP contribution is 2.19. The number of aryl methyl sites for hydroxylation is 1. The predicted octanol–water partition coefficient (Wildman–Crippen LogP) is 0.647. The first kappa shape index (κ1) is 9.12. The maximum Gasteiger partial charge on any atom is 0.212 e. The Kier molecular flexibility index (Phi) is 2.19. The summed E-state index contributed by atoms with van der Waals surface area (Å²) in [4.78, 5) is 0. The van der Waals surface area contributed by atoms with E-state index in [0.717, 1.165) is 10.9 Å². The molecule has 2 N–H and O–H groups in total. The first-order valence-corrected chi connectivity index (χ1v) is 4.43. The SMILES string of the molecule is C[n+]1ccc(C(O)O)c2ccccc21. The lowest BCUT2D eigenvalue weighted by Gasteiger charge is -2.05. The minimum absolute atomic E-state index is 0.540. The van der Waals surface area contributed by atoms with Crippen molar-refractivity contribution in [3.05, 3.63) is 42.1 Å². The lowest BCUT2D eigenvalue weighted by Crippen LogP contribution is -2.28. The standard InChI is InChI=1S/C11H12NO2/c1-12-7-6-9(11(13)14)8-4-2-3-5-10(8)12/h2-7,11,13-14H,1H3/q+1. The van der Waals surface area contributed by atoms with Crippen molar-refractivity contribution < 1.29 is 14.8 Å². The monoisotopic (exact) mass is 190 g/mol. The molecule has 0 fully saturated rings. The van der Waals surface area contributed by atoms with E-state index < -0.39 is 6.29 Å². The highest BCUT2D eigenvalue weighted by atomic mass is 16.5. The third-order valence-electron chi connectivity index (χ3n) is 2.35. The van der Waals surface area contributed by atoms with Crippen molar-refractivity contribution in [2.45, 2.75) is 6.29 Å². The summed E-state index contributed by atoms with van der Waals surface area (Å²) in [6, 6.07) is 9.35. The second-order valence-corrected chi connectivity index (χ2v) is 3.27. The number of hydrogen-bond donors (Lipinski definition) is 2. The summed E-state index contributed by atoms with van der Waals surface area (Å²) < 4.78 is 1.95. The molecule has 0 bridgehead atoms. The van der Waals surface area contributed by atoms with Crippen molar-refractivity contribution in [2.24, 2.45) is 7.05 Å². The normalized spacial score (nSPS) is 11.1. The molecule has 2 rings (SSSR count). The van der Waals surface area contributed by atoms with E-state index >= 15 is 0 Å². The second-order valence-electron chi connectivity index (χ2n) is 3.27. The molecule has 0 aliphatic rings. The van der Waals surface area contributed by atoms with Crippen LogP contribution in [0.4, 0.5) is 0 Å². The van der Waals surface area contributed by atoms with Crippen LogP contribution in [0.1, 0.15) is 11.9 Å². The van der Waals surface area contributed by atoms with Gasteiger partial charge in [0, 0.05) is 17.7 Å². The Morgan fingerprint density at radius 2 is 1.86 bits per heavy atom. The first-order valence-electron chi connectivity index (χ1n) is 4.43. The molecule has 3 heteroatoms. The number of hydrogen-bond acceptors (Lipinski definition) is 2. The van der Waals surface area contributed by atoms with Crippen LogP contribution in [0.15, 0.2) is 36.5 Å². The van der Waals surface area contributed by atoms with E-state index in [-0.39, 0.29) is 0 Å². The van der Waals surface area contributed by atoms with E-state index in [0.29, 0.717) is 5.56 Å². The molecule has 0 aliphatic carbocycles. The largest absolute Gasteiger partial charge is 0.364 e. The molecule has 0 unspecified atom stereocenters. The van der Waals surface area contributed by atoms with Gasteiger partial charge in [-0.3, -0.25) is 0 Å². The average molecular weight is 190 g/mol. The van der Waals surface area contributed by atoms with Gasteiger partial charge in [0.15, 0.2) is 12.5 Å². The molecule has 1 heterocycles. The molecule has 1 aromatic heterocycles. The zero-order valence-electron chi connectivity index (χ0n) is 7.88. The quantitative estimate of drug-likeness (QED) is 0.512. The van der Waals surface area contributed by atoms with E-state index in [4.69, 9.17) is 10.2 Å². The number of pyridine rings is 1. The van der Waals surface area contributed by atoms with Gasteiger partial charge in [-0.25, -0.2) is 4.57 Å². The summed E-state index contributed by atoms with van der Waals surface area (Å²) in [5.74, 6) is 0. The van der Waals surface area contributed by atoms with Crippen LogP contribution >= 0.6 is 0 Å². The van der Waals surface area contributed by atoms with E-state index in [9.17, 15) is 0 Å². The number of para-hydroxylation sites is 1. The van der Waals surface area contributed by atoms with Gasteiger partial charge in [-0.15, -0.1) is 0 Å². The first-order chi connectivity index (χ1) is 6.70. The number of aromatic nitrogens is 1. The fraction of sp³-hybridized carbons (Fsp3) is 0.182. The molecule has 0 aliphatic heterocycles. The maximum absolute atomic E-state index is 9.16. The molecule has 0 atom stereocenters. The van der Waals surface area contributed by atoms with E-state index in [2.05, 4.69) is 0 Å². The molecular weight excluding hydrogens is 178 g/mol. The topological polar surface area (TPSA) is 44.3 Å². The van der Waals surface area contributed by atoms with Crippen LogP contribution in [0.2, 0.25) is 0 Å². The highest BCUT2D eigenvalue weighted by molar-refractivity contribution is 5.79. The van der Waals surface area contributed by atoms with Crippen LogP contribution in [0.25, 0.3) is 10.9 Å². The van der Waals surface area contributed by atoms with Crippen LogP contribution in [0, 0.1) is 0 Å². The molecule has 1 aromatic carbocycles. The zero-order chi connectivity index (χ0) is 10.1. The molecule has 0 saturated heterocycles. The third-order valence-corrected chi connectivity index (χ3v) is 2.35. The van der Waals surface area contributed by atoms with E-state index in [1.165, 1.54) is 0 Å². The van der Waals surface area contributed by atoms with Crippen molar-refractivity contribution in [3.8, 4) is 0 Å². The van der Waals surface area contributed by atoms with Gasteiger partial charge in [-0.1, -0.05) is 12.1 Å². The number of aliphatic hydroxyl groups excluding tert-OH is 1. The summed E-state index contributed by atoms with van der Waals surface area (Å²) in [5, 5.41) is 19.2. The Labute approximate surface area is 81.9 Å². The minimum atomic E-state index is -1.42. The smallest absolute Gasteiger partial charge is 0.212 e. The summed E-state index contributed by atoms with van der Waals surface area (Å²) in [6.45, 7) is 0. The maximum atomic E-state index is 9.16. The highest BCUT2D eigenvalue weighted by Gasteiger charge is 2.12. The zero-order valence-corrected chi connectivity index (χ0v) is 7.88. The Bertz CT molecular complexity index is 466. The summed E-state index contributed by atoms with van der Waals surface area (Å²) in [6.07, 6.45) is 0.401. The van der Waals surface area contributed by atoms with Crippen molar-refractivity contribution in [3.63, 3.8) is 0 Å². The Balaban J connectivity index is 2.82. The summed E-state index contributed by atoms with van der Waals surface area (Å²) >= 11 is 0. The number of benzene rings is 1. The van der Waals surface area contributed by atoms with Gasteiger partial charge < -0.3 is 10.2 Å². The van der Waals surface area contributed by atoms with Gasteiger partial charge >= 0.3 is 0 Å². The van der Waals surface area contributed by atoms with Crippen LogP contribution < -0.4 is 4.57 Å². The molecule has 72 valence electrons. The number of rotatable bonds is 1. The number of nitrogens with zero attached hydrogens (tertiary/aromatic N) is 1. The van der Waals surface area contributed by atoms with Crippen molar-refractivity contribution in [1.82, 2.24) is 0 Å². The second kappa shape index (κ2) is 3.36. The molecular formula is C11H12NO2+. The van der Waals surface area contributed by atoms with Gasteiger partial charge in [-0.05, 0) is 6.07 Å². The van der Waals surface area contributed by atoms with Gasteiger partial charge in [-0.2, -0.15) is 0 Å². The van der Waals surface area contributed by atoms with Gasteiger partial charge in [0.25, 0.3) is 0 Å². The van der Waals surface area contributed by atoms with E-state index in [1.807, 2.05) is 42.1 Å². The van der Waals surface area contributed by atoms with Crippen LogP contribution in [-0.2, 0) is 7.05 Å². The Hall–Kier alpha value is -1.45. The third kappa shape index (κ3) is 1.36. The Morgan fingerprint density at radius 3 is 2.57 bits per heavy atom. The van der Waals surface area contributed by atoms with Crippen LogP contribution in [0.5, 0.6) is 0 Å². The Morgan fingerprint density at radius 1 is 1.14 bits per heavy atom. The van der Waals surface area contributed by atoms with Crippen molar-refractivity contribution in [1.29, 1.82) is 0 Å². The number of fused-ring (bicyclic) bond motifs is 1. The lowest BCUT2D eigenvalue weighted by atomic mass is 10.1. The molecule has 14 heavy (non-hydrogen) atoms. The van der Waals surface area contributed by atoms with E-state index in [1.54, 1.807) is 6.07 Å². The molecule has 0 amide bonds. The minimum Gasteiger partial charge on any atom is -0.364 e. The van der Waals surface area contributed by atoms with Crippen LogP contribution in [0.3, 0.4) is 0 Å². The number of aliphatic hydroxyl groups is 2. The van der Waals surface area contributed by atoms with Crippen molar-refractivity contribution >= 4 is 10.9 Å². The predicted molar refractivity (Wildman–Crippen MR) is 52.3 cm³/mol. The molecule has 2 aromatic rings. The fourth-order valence-electron chi connectivity index (χ4n) is 1.61. The molecule has 0 radical (unpaired) electrons. The summed E-state index contributed by atoms with van der Waals surface area (Å²) in [7, 11) is 1.93. The molecule has 0 spiro atoms. The molecule has 0 saturated carbocycles.